The number of benzene rings is 1. The largest absolute Gasteiger partial charge is 0.395 e. The van der Waals surface area contributed by atoms with Crippen LogP contribution in [-0.2, 0) is 6.54 Å². The summed E-state index contributed by atoms with van der Waals surface area (Å²) >= 11 is 5.85. The predicted octanol–water partition coefficient (Wildman–Crippen LogP) is 2.20. The second kappa shape index (κ2) is 6.02. The molecule has 1 aromatic carbocycles. The van der Waals surface area contributed by atoms with Crippen molar-refractivity contribution >= 4 is 11.6 Å². The molecule has 0 aromatic heterocycles. The zero-order valence-electron chi connectivity index (χ0n) is 8.33. The number of hydrogen-bond acceptors (Lipinski definition) is 2. The Morgan fingerprint density at radius 2 is 2.29 bits per heavy atom. The first-order valence-electron chi connectivity index (χ1n) is 4.85. The van der Waals surface area contributed by atoms with E-state index in [2.05, 4.69) is 5.32 Å². The molecule has 3 heteroatoms. The fourth-order valence-corrected chi connectivity index (χ4v) is 1.46. The minimum atomic E-state index is 0.175. The Morgan fingerprint density at radius 3 is 2.86 bits per heavy atom. The van der Waals surface area contributed by atoms with E-state index in [0.717, 1.165) is 23.6 Å². The number of aliphatic hydroxyl groups excluding tert-OH is 1. The SMILES string of the molecule is CC[C@H](CO)NCc1cccc(Cl)c1. The number of aliphatic hydroxyl groups is 1. The molecular weight excluding hydrogens is 198 g/mol. The molecule has 0 spiro atoms. The molecule has 0 unspecified atom stereocenters. The molecule has 0 aliphatic carbocycles. The van der Waals surface area contributed by atoms with E-state index in [-0.39, 0.29) is 12.6 Å². The van der Waals surface area contributed by atoms with E-state index in [1.807, 2.05) is 31.2 Å². The van der Waals surface area contributed by atoms with Crippen LogP contribution in [0.5, 0.6) is 0 Å². The fraction of sp³-hybridized carbons (Fsp3) is 0.455. The van der Waals surface area contributed by atoms with Crippen LogP contribution in [0.1, 0.15) is 18.9 Å². The van der Waals surface area contributed by atoms with Crippen molar-refractivity contribution in [3.63, 3.8) is 0 Å². The molecule has 2 nitrogen and oxygen atoms in total. The van der Waals surface area contributed by atoms with Crippen LogP contribution in [0.2, 0.25) is 5.02 Å². The Balaban J connectivity index is 2.44. The zero-order chi connectivity index (χ0) is 10.4. The van der Waals surface area contributed by atoms with Gasteiger partial charge in [-0.15, -0.1) is 0 Å². The Kier molecular flexibility index (Phi) is 4.94. The Labute approximate surface area is 89.9 Å². The average Bonchev–Trinajstić information content (AvgIpc) is 2.19. The highest BCUT2D eigenvalue weighted by atomic mass is 35.5. The van der Waals surface area contributed by atoms with Crippen LogP contribution in [0.3, 0.4) is 0 Å². The van der Waals surface area contributed by atoms with Crippen molar-refractivity contribution < 1.29 is 5.11 Å². The third kappa shape index (κ3) is 3.66. The van der Waals surface area contributed by atoms with E-state index in [0.29, 0.717) is 0 Å². The molecule has 0 aliphatic heterocycles. The maximum atomic E-state index is 8.97. The minimum absolute atomic E-state index is 0.175. The van der Waals surface area contributed by atoms with Crippen LogP contribution in [0, 0.1) is 0 Å². The van der Waals surface area contributed by atoms with Gasteiger partial charge in [-0.2, -0.15) is 0 Å². The lowest BCUT2D eigenvalue weighted by Gasteiger charge is -2.13. The van der Waals surface area contributed by atoms with Gasteiger partial charge >= 0.3 is 0 Å². The molecule has 14 heavy (non-hydrogen) atoms. The van der Waals surface area contributed by atoms with Crippen LogP contribution in [0.25, 0.3) is 0 Å². The van der Waals surface area contributed by atoms with Gasteiger partial charge in [0.05, 0.1) is 6.61 Å². The maximum absolute atomic E-state index is 8.97. The predicted molar refractivity (Wildman–Crippen MR) is 59.5 cm³/mol. The molecule has 1 rings (SSSR count). The Bertz CT molecular complexity index is 274. The summed E-state index contributed by atoms with van der Waals surface area (Å²) in [5.41, 5.74) is 1.14. The fourth-order valence-electron chi connectivity index (χ4n) is 1.25. The van der Waals surface area contributed by atoms with Crippen LogP contribution in [0.4, 0.5) is 0 Å². The summed E-state index contributed by atoms with van der Waals surface area (Å²) in [5.74, 6) is 0. The third-order valence-corrected chi connectivity index (χ3v) is 2.43. The van der Waals surface area contributed by atoms with Crippen molar-refractivity contribution in [1.82, 2.24) is 5.32 Å². The first-order valence-corrected chi connectivity index (χ1v) is 5.22. The summed E-state index contributed by atoms with van der Waals surface area (Å²) in [6.07, 6.45) is 0.928. The summed E-state index contributed by atoms with van der Waals surface area (Å²) in [4.78, 5) is 0. The highest BCUT2D eigenvalue weighted by molar-refractivity contribution is 6.30. The van der Waals surface area contributed by atoms with Gasteiger partial charge in [0.1, 0.15) is 0 Å². The first-order chi connectivity index (χ1) is 6.76. The van der Waals surface area contributed by atoms with E-state index in [4.69, 9.17) is 16.7 Å². The van der Waals surface area contributed by atoms with E-state index < -0.39 is 0 Å². The van der Waals surface area contributed by atoms with Gasteiger partial charge in [-0.25, -0.2) is 0 Å². The molecule has 0 amide bonds. The molecule has 0 heterocycles. The molecule has 0 aliphatic rings. The van der Waals surface area contributed by atoms with E-state index >= 15 is 0 Å². The lowest BCUT2D eigenvalue weighted by Crippen LogP contribution is -2.31. The van der Waals surface area contributed by atoms with Crippen LogP contribution < -0.4 is 5.32 Å². The highest BCUT2D eigenvalue weighted by Crippen LogP contribution is 2.10. The molecular formula is C11H16ClNO. The van der Waals surface area contributed by atoms with Gasteiger partial charge in [0, 0.05) is 17.6 Å². The van der Waals surface area contributed by atoms with Gasteiger partial charge in [0.2, 0.25) is 0 Å². The van der Waals surface area contributed by atoms with Crippen molar-refractivity contribution in [2.24, 2.45) is 0 Å². The van der Waals surface area contributed by atoms with E-state index in [9.17, 15) is 0 Å². The van der Waals surface area contributed by atoms with Gasteiger partial charge in [-0.1, -0.05) is 30.7 Å². The molecule has 78 valence electrons. The van der Waals surface area contributed by atoms with Crippen molar-refractivity contribution in [2.75, 3.05) is 6.61 Å². The summed E-state index contributed by atoms with van der Waals surface area (Å²) in [5, 5.41) is 13.0. The van der Waals surface area contributed by atoms with Crippen molar-refractivity contribution in [2.45, 2.75) is 25.9 Å². The number of nitrogens with one attached hydrogen (secondary N) is 1. The highest BCUT2D eigenvalue weighted by Gasteiger charge is 2.02. The molecule has 0 saturated carbocycles. The quantitative estimate of drug-likeness (QED) is 0.786. The van der Waals surface area contributed by atoms with Gasteiger partial charge in [-0.3, -0.25) is 0 Å². The number of rotatable bonds is 5. The molecule has 1 aromatic rings. The number of hydrogen-bond donors (Lipinski definition) is 2. The Hall–Kier alpha value is -0.570. The number of halogens is 1. The van der Waals surface area contributed by atoms with Crippen LogP contribution >= 0.6 is 11.6 Å². The molecule has 0 saturated heterocycles. The summed E-state index contributed by atoms with van der Waals surface area (Å²) in [6.45, 7) is 2.97. The van der Waals surface area contributed by atoms with Gasteiger partial charge in [0.25, 0.3) is 0 Å². The molecule has 2 N–H and O–H groups in total. The maximum Gasteiger partial charge on any atom is 0.0584 e. The lowest BCUT2D eigenvalue weighted by molar-refractivity contribution is 0.238. The van der Waals surface area contributed by atoms with E-state index in [1.165, 1.54) is 0 Å². The lowest BCUT2D eigenvalue weighted by atomic mass is 10.2. The van der Waals surface area contributed by atoms with Crippen molar-refractivity contribution in [3.8, 4) is 0 Å². The monoisotopic (exact) mass is 213 g/mol. The van der Waals surface area contributed by atoms with Gasteiger partial charge in [0.15, 0.2) is 0 Å². The normalized spacial score (nSPS) is 12.8. The third-order valence-electron chi connectivity index (χ3n) is 2.20. The van der Waals surface area contributed by atoms with Crippen LogP contribution in [-0.4, -0.2) is 17.8 Å². The van der Waals surface area contributed by atoms with Gasteiger partial charge < -0.3 is 10.4 Å². The molecule has 0 bridgehead atoms. The molecule has 0 radical (unpaired) electrons. The van der Waals surface area contributed by atoms with Crippen molar-refractivity contribution in [1.29, 1.82) is 0 Å². The second-order valence-corrected chi connectivity index (χ2v) is 3.74. The zero-order valence-corrected chi connectivity index (χ0v) is 9.09. The standard InChI is InChI=1S/C11H16ClNO/c1-2-11(8-14)13-7-9-4-3-5-10(12)6-9/h3-6,11,13-14H,2,7-8H2,1H3/t11-/m1/s1. The summed E-state index contributed by atoms with van der Waals surface area (Å²) in [6, 6.07) is 7.91. The molecule has 1 atom stereocenters. The minimum Gasteiger partial charge on any atom is -0.395 e. The van der Waals surface area contributed by atoms with Gasteiger partial charge in [-0.05, 0) is 24.1 Å². The summed E-state index contributed by atoms with van der Waals surface area (Å²) in [7, 11) is 0. The Morgan fingerprint density at radius 1 is 1.50 bits per heavy atom. The first kappa shape index (κ1) is 11.5. The summed E-state index contributed by atoms with van der Waals surface area (Å²) < 4.78 is 0. The molecule has 0 fully saturated rings. The topological polar surface area (TPSA) is 32.3 Å². The van der Waals surface area contributed by atoms with Crippen molar-refractivity contribution in [3.05, 3.63) is 34.9 Å². The van der Waals surface area contributed by atoms with Crippen LogP contribution in [0.15, 0.2) is 24.3 Å². The van der Waals surface area contributed by atoms with E-state index in [1.54, 1.807) is 0 Å². The smallest absolute Gasteiger partial charge is 0.0584 e. The second-order valence-electron chi connectivity index (χ2n) is 3.30. The average molecular weight is 214 g/mol.